The summed E-state index contributed by atoms with van der Waals surface area (Å²) < 4.78 is 11.8. The van der Waals surface area contributed by atoms with Crippen molar-refractivity contribution in [1.29, 1.82) is 0 Å². The summed E-state index contributed by atoms with van der Waals surface area (Å²) in [4.78, 5) is 0. The second-order valence-electron chi connectivity index (χ2n) is 5.96. The molecule has 0 amide bonds. The summed E-state index contributed by atoms with van der Waals surface area (Å²) in [6.45, 7) is 0.930. The highest BCUT2D eigenvalue weighted by molar-refractivity contribution is 9.09. The molecule has 3 rings (SSSR count). The topological polar surface area (TPSA) is 38.7 Å². The highest BCUT2D eigenvalue weighted by Crippen LogP contribution is 2.28. The van der Waals surface area contributed by atoms with Gasteiger partial charge in [0.1, 0.15) is 24.7 Å². The highest BCUT2D eigenvalue weighted by atomic mass is 79.9. The number of ether oxygens (including phenoxy) is 2. The van der Waals surface area contributed by atoms with Gasteiger partial charge in [-0.2, -0.15) is 0 Å². The Hall–Kier alpha value is -2.30. The van der Waals surface area contributed by atoms with Crippen molar-refractivity contribution in [3.8, 4) is 11.5 Å². The van der Waals surface area contributed by atoms with Gasteiger partial charge in [-0.25, -0.2) is 0 Å². The molecule has 4 heteroatoms. The standard InChI is InChI=1S/C22H21BrO3/c23-14-22(24)19-11-20(25-15-17-7-3-1-4-8-17)13-21(12-19)26-16-18-9-5-2-6-10-18/h1-13,22,24H,14-16H2. The summed E-state index contributed by atoms with van der Waals surface area (Å²) in [5.74, 6) is 1.35. The predicted octanol–water partition coefficient (Wildman–Crippen LogP) is 5.27. The van der Waals surface area contributed by atoms with Crippen LogP contribution >= 0.6 is 15.9 Å². The lowest BCUT2D eigenvalue weighted by atomic mass is 10.1. The summed E-state index contributed by atoms with van der Waals surface area (Å²) in [7, 11) is 0. The van der Waals surface area contributed by atoms with Gasteiger partial charge < -0.3 is 14.6 Å². The first-order chi connectivity index (χ1) is 12.7. The molecule has 0 heterocycles. The lowest BCUT2D eigenvalue weighted by molar-refractivity contribution is 0.203. The average Bonchev–Trinajstić information content (AvgIpc) is 2.71. The molecule has 0 aliphatic carbocycles. The fourth-order valence-electron chi connectivity index (χ4n) is 2.52. The third kappa shape index (κ3) is 5.35. The molecule has 0 saturated heterocycles. The Morgan fingerprint density at radius 1 is 0.731 bits per heavy atom. The molecule has 0 saturated carbocycles. The molecule has 26 heavy (non-hydrogen) atoms. The molecule has 0 aromatic heterocycles. The summed E-state index contributed by atoms with van der Waals surface area (Å²) >= 11 is 3.32. The molecule has 0 aliphatic heterocycles. The van der Waals surface area contributed by atoms with E-state index in [0.717, 1.165) is 16.7 Å². The summed E-state index contributed by atoms with van der Waals surface area (Å²) in [5, 5.41) is 10.6. The molecular weight excluding hydrogens is 392 g/mol. The van der Waals surface area contributed by atoms with Crippen molar-refractivity contribution in [3.63, 3.8) is 0 Å². The normalized spacial score (nSPS) is 11.8. The Bertz CT molecular complexity index is 744. The van der Waals surface area contributed by atoms with Gasteiger partial charge in [0.05, 0.1) is 6.10 Å². The lowest BCUT2D eigenvalue weighted by Gasteiger charge is -2.15. The van der Waals surface area contributed by atoms with Crippen LogP contribution in [-0.2, 0) is 13.2 Å². The minimum Gasteiger partial charge on any atom is -0.489 e. The Balaban J connectivity index is 1.74. The molecule has 1 unspecified atom stereocenters. The average molecular weight is 413 g/mol. The maximum atomic E-state index is 10.2. The zero-order valence-corrected chi connectivity index (χ0v) is 15.9. The number of aliphatic hydroxyl groups excluding tert-OH is 1. The van der Waals surface area contributed by atoms with E-state index in [1.807, 2.05) is 78.9 Å². The fraction of sp³-hybridized carbons (Fsp3) is 0.182. The van der Waals surface area contributed by atoms with Gasteiger partial charge in [-0.3, -0.25) is 0 Å². The summed E-state index contributed by atoms with van der Waals surface area (Å²) in [5.41, 5.74) is 2.94. The summed E-state index contributed by atoms with van der Waals surface area (Å²) in [6, 6.07) is 25.5. The number of alkyl halides is 1. The van der Waals surface area contributed by atoms with E-state index in [1.54, 1.807) is 0 Å². The van der Waals surface area contributed by atoms with Crippen molar-refractivity contribution in [1.82, 2.24) is 0 Å². The van der Waals surface area contributed by atoms with Crippen molar-refractivity contribution in [3.05, 3.63) is 95.6 Å². The van der Waals surface area contributed by atoms with Crippen molar-refractivity contribution >= 4 is 15.9 Å². The first-order valence-electron chi connectivity index (χ1n) is 8.47. The molecule has 0 spiro atoms. The fourth-order valence-corrected chi connectivity index (χ4v) is 2.90. The number of aliphatic hydroxyl groups is 1. The van der Waals surface area contributed by atoms with Crippen LogP contribution in [0.2, 0.25) is 0 Å². The highest BCUT2D eigenvalue weighted by Gasteiger charge is 2.11. The minimum absolute atomic E-state index is 0.452. The lowest BCUT2D eigenvalue weighted by Crippen LogP contribution is -2.03. The van der Waals surface area contributed by atoms with Gasteiger partial charge >= 0.3 is 0 Å². The van der Waals surface area contributed by atoms with Crippen LogP contribution in [0.5, 0.6) is 11.5 Å². The van der Waals surface area contributed by atoms with Crippen LogP contribution in [0.15, 0.2) is 78.9 Å². The molecule has 0 bridgehead atoms. The van der Waals surface area contributed by atoms with Gasteiger partial charge in [-0.15, -0.1) is 0 Å². The second-order valence-corrected chi connectivity index (χ2v) is 6.60. The van der Waals surface area contributed by atoms with Gasteiger partial charge in [0, 0.05) is 11.4 Å². The van der Waals surface area contributed by atoms with Crippen molar-refractivity contribution in [2.24, 2.45) is 0 Å². The van der Waals surface area contributed by atoms with Crippen LogP contribution in [0.4, 0.5) is 0 Å². The molecule has 3 aromatic rings. The van der Waals surface area contributed by atoms with Crippen LogP contribution in [0.1, 0.15) is 22.8 Å². The zero-order chi connectivity index (χ0) is 18.2. The number of rotatable bonds is 8. The van der Waals surface area contributed by atoms with Gasteiger partial charge in [0.15, 0.2) is 0 Å². The van der Waals surface area contributed by atoms with Crippen molar-refractivity contribution in [2.75, 3.05) is 5.33 Å². The first kappa shape index (κ1) is 18.5. The number of hydrogen-bond donors (Lipinski definition) is 1. The largest absolute Gasteiger partial charge is 0.489 e. The Morgan fingerprint density at radius 2 is 1.19 bits per heavy atom. The minimum atomic E-state index is -0.616. The van der Waals surface area contributed by atoms with Gasteiger partial charge in [-0.1, -0.05) is 76.6 Å². The van der Waals surface area contributed by atoms with Crippen LogP contribution in [-0.4, -0.2) is 10.4 Å². The van der Waals surface area contributed by atoms with Crippen molar-refractivity contribution < 1.29 is 14.6 Å². The third-order valence-electron chi connectivity index (χ3n) is 3.93. The Labute approximate surface area is 162 Å². The number of hydrogen-bond acceptors (Lipinski definition) is 3. The van der Waals surface area contributed by atoms with E-state index in [4.69, 9.17) is 9.47 Å². The van der Waals surface area contributed by atoms with Gasteiger partial charge in [-0.05, 0) is 28.8 Å². The second kappa shape index (κ2) is 9.41. The quantitative estimate of drug-likeness (QED) is 0.511. The molecule has 3 aromatic carbocycles. The Morgan fingerprint density at radius 3 is 1.62 bits per heavy atom. The van der Waals surface area contributed by atoms with Gasteiger partial charge in [0.2, 0.25) is 0 Å². The van der Waals surface area contributed by atoms with Crippen LogP contribution in [0.3, 0.4) is 0 Å². The zero-order valence-electron chi connectivity index (χ0n) is 14.3. The first-order valence-corrected chi connectivity index (χ1v) is 9.59. The predicted molar refractivity (Wildman–Crippen MR) is 107 cm³/mol. The van der Waals surface area contributed by atoms with E-state index >= 15 is 0 Å². The van der Waals surface area contributed by atoms with E-state index in [1.165, 1.54) is 0 Å². The number of halogens is 1. The molecule has 0 aliphatic rings. The van der Waals surface area contributed by atoms with Crippen LogP contribution < -0.4 is 9.47 Å². The summed E-state index contributed by atoms with van der Waals surface area (Å²) in [6.07, 6.45) is -0.616. The smallest absolute Gasteiger partial charge is 0.123 e. The number of benzene rings is 3. The third-order valence-corrected chi connectivity index (χ3v) is 4.54. The van der Waals surface area contributed by atoms with Crippen LogP contribution in [0, 0.1) is 0 Å². The molecule has 1 atom stereocenters. The van der Waals surface area contributed by atoms with E-state index in [-0.39, 0.29) is 0 Å². The molecule has 3 nitrogen and oxygen atoms in total. The van der Waals surface area contributed by atoms with E-state index in [0.29, 0.717) is 30.0 Å². The monoisotopic (exact) mass is 412 g/mol. The van der Waals surface area contributed by atoms with E-state index < -0.39 is 6.10 Å². The van der Waals surface area contributed by atoms with Crippen molar-refractivity contribution in [2.45, 2.75) is 19.3 Å². The van der Waals surface area contributed by atoms with Crippen LogP contribution in [0.25, 0.3) is 0 Å². The maximum Gasteiger partial charge on any atom is 0.123 e. The Kier molecular flexibility index (Phi) is 6.69. The van der Waals surface area contributed by atoms with E-state index in [9.17, 15) is 5.11 Å². The molecule has 134 valence electrons. The maximum absolute atomic E-state index is 10.2. The molecule has 0 fully saturated rings. The molecule has 0 radical (unpaired) electrons. The van der Waals surface area contributed by atoms with Gasteiger partial charge in [0.25, 0.3) is 0 Å². The molecular formula is C22H21BrO3. The van der Waals surface area contributed by atoms with E-state index in [2.05, 4.69) is 15.9 Å². The molecule has 1 N–H and O–H groups in total. The SMILES string of the molecule is OC(CBr)c1cc(OCc2ccccc2)cc(OCc2ccccc2)c1.